The summed E-state index contributed by atoms with van der Waals surface area (Å²) in [6, 6.07) is 4.05. The van der Waals surface area contributed by atoms with Crippen LogP contribution in [0.4, 0.5) is 10.9 Å². The molecular weight excluding hydrogens is 470 g/mol. The van der Waals surface area contributed by atoms with Crippen LogP contribution in [0.1, 0.15) is 40.3 Å². The Balaban J connectivity index is 1.18. The number of anilines is 2. The van der Waals surface area contributed by atoms with Crippen molar-refractivity contribution in [3.05, 3.63) is 40.0 Å². The molecule has 2 bridgehead atoms. The Labute approximate surface area is 206 Å². The molecule has 1 amide bonds. The molecule has 9 nitrogen and oxygen atoms in total. The standard InChI is InChI=1S/C23H27N7O2S2/c1-13-21(34-14(2)26-13)19-12-33-23(27-19)28-20-5-4-15(11-25-20)22(31)30-17-8-16(9-18(30)10-17)29-32-7-6-24-3/h4-5,11-12,17-18,24H,6-10H2,1-3H3,(H,25,27,28). The highest BCUT2D eigenvalue weighted by atomic mass is 32.1. The Hall–Kier alpha value is -2.89. The molecule has 0 spiro atoms. The fourth-order valence-corrected chi connectivity index (χ4v) is 6.10. The average molecular weight is 498 g/mol. The third-order valence-corrected chi connectivity index (χ3v) is 7.88. The quantitative estimate of drug-likeness (QED) is 0.358. The molecule has 5 heterocycles. The summed E-state index contributed by atoms with van der Waals surface area (Å²) in [5.74, 6) is 0.689. The Kier molecular flexibility index (Phi) is 6.57. The van der Waals surface area contributed by atoms with Gasteiger partial charge in [0.1, 0.15) is 12.4 Å². The normalized spacial score (nSPS) is 19.0. The van der Waals surface area contributed by atoms with Gasteiger partial charge in [0.2, 0.25) is 0 Å². The monoisotopic (exact) mass is 497 g/mol. The zero-order valence-corrected chi connectivity index (χ0v) is 21.0. The molecule has 1 aliphatic carbocycles. The van der Waals surface area contributed by atoms with Crippen molar-refractivity contribution >= 4 is 45.2 Å². The maximum atomic E-state index is 13.1. The van der Waals surface area contributed by atoms with Crippen LogP contribution < -0.4 is 10.6 Å². The number of nitrogens with one attached hydrogen (secondary N) is 2. The van der Waals surface area contributed by atoms with Crippen LogP contribution in [-0.4, -0.2) is 63.8 Å². The highest BCUT2D eigenvalue weighted by molar-refractivity contribution is 7.16. The van der Waals surface area contributed by atoms with Crippen molar-refractivity contribution < 1.29 is 9.63 Å². The number of piperidine rings is 1. The number of aromatic nitrogens is 3. The van der Waals surface area contributed by atoms with E-state index in [1.54, 1.807) is 17.5 Å². The van der Waals surface area contributed by atoms with Crippen LogP contribution in [0.5, 0.6) is 0 Å². The second kappa shape index (κ2) is 9.77. The second-order valence-corrected chi connectivity index (χ2v) is 10.6. The molecule has 2 unspecified atom stereocenters. The molecule has 34 heavy (non-hydrogen) atoms. The third kappa shape index (κ3) is 4.68. The lowest BCUT2D eigenvalue weighted by Gasteiger charge is -2.52. The van der Waals surface area contributed by atoms with Gasteiger partial charge < -0.3 is 20.4 Å². The molecule has 11 heteroatoms. The summed E-state index contributed by atoms with van der Waals surface area (Å²) < 4.78 is 0. The molecule has 3 fully saturated rings. The fourth-order valence-electron chi connectivity index (χ4n) is 4.44. The van der Waals surface area contributed by atoms with Crippen molar-refractivity contribution in [3.63, 3.8) is 0 Å². The van der Waals surface area contributed by atoms with E-state index in [0.717, 1.165) is 57.9 Å². The minimum Gasteiger partial charge on any atom is -0.394 e. The van der Waals surface area contributed by atoms with Crippen LogP contribution in [0.3, 0.4) is 0 Å². The number of likely N-dealkylation sites (N-methyl/N-ethyl adjacent to an activating group) is 1. The van der Waals surface area contributed by atoms with Gasteiger partial charge in [-0.3, -0.25) is 4.79 Å². The predicted molar refractivity (Wildman–Crippen MR) is 135 cm³/mol. The van der Waals surface area contributed by atoms with Crippen LogP contribution in [0.15, 0.2) is 28.9 Å². The Morgan fingerprint density at radius 1 is 1.26 bits per heavy atom. The molecule has 0 aromatic carbocycles. The first-order valence-electron chi connectivity index (χ1n) is 11.3. The SMILES string of the molecule is CNCCON=C1CC2CC(C1)N2C(=O)c1ccc(Nc2nc(-c3sc(C)nc3C)cs2)nc1. The number of nitrogens with zero attached hydrogens (tertiary/aromatic N) is 5. The molecule has 2 saturated heterocycles. The van der Waals surface area contributed by atoms with Crippen LogP contribution in [-0.2, 0) is 4.84 Å². The van der Waals surface area contributed by atoms with Crippen molar-refractivity contribution in [1.82, 2.24) is 25.2 Å². The van der Waals surface area contributed by atoms with Gasteiger partial charge in [-0.15, -0.1) is 22.7 Å². The van der Waals surface area contributed by atoms with Gasteiger partial charge >= 0.3 is 0 Å². The van der Waals surface area contributed by atoms with Gasteiger partial charge in [-0.05, 0) is 39.4 Å². The van der Waals surface area contributed by atoms with Gasteiger partial charge in [-0.2, -0.15) is 0 Å². The lowest BCUT2D eigenvalue weighted by molar-refractivity contribution is 0.0103. The van der Waals surface area contributed by atoms with Crippen molar-refractivity contribution in [3.8, 4) is 10.6 Å². The van der Waals surface area contributed by atoms with Gasteiger partial charge in [0.15, 0.2) is 5.13 Å². The second-order valence-electron chi connectivity index (χ2n) is 8.50. The summed E-state index contributed by atoms with van der Waals surface area (Å²) in [4.78, 5) is 35.1. The van der Waals surface area contributed by atoms with Gasteiger partial charge in [0, 0.05) is 43.0 Å². The summed E-state index contributed by atoms with van der Waals surface area (Å²) in [6.07, 6.45) is 4.22. The van der Waals surface area contributed by atoms with E-state index >= 15 is 0 Å². The summed E-state index contributed by atoms with van der Waals surface area (Å²) in [5.41, 5.74) is 3.56. The van der Waals surface area contributed by atoms with Crippen molar-refractivity contribution in [2.75, 3.05) is 25.5 Å². The Bertz CT molecular complexity index is 1190. The Morgan fingerprint density at radius 3 is 2.76 bits per heavy atom. The molecule has 2 atom stereocenters. The van der Waals surface area contributed by atoms with Crippen LogP contribution >= 0.6 is 22.7 Å². The van der Waals surface area contributed by atoms with E-state index in [1.165, 1.54) is 11.3 Å². The summed E-state index contributed by atoms with van der Waals surface area (Å²) >= 11 is 3.17. The number of fused-ring (bicyclic) bond motifs is 2. The van der Waals surface area contributed by atoms with Crippen molar-refractivity contribution in [1.29, 1.82) is 0 Å². The lowest BCUT2D eigenvalue weighted by Crippen LogP contribution is -2.63. The summed E-state index contributed by atoms with van der Waals surface area (Å²) in [7, 11) is 1.88. The maximum absolute atomic E-state index is 13.1. The number of carbonyl (C=O) groups excluding carboxylic acids is 1. The molecule has 178 valence electrons. The summed E-state index contributed by atoms with van der Waals surface area (Å²) in [6.45, 7) is 5.32. The van der Waals surface area contributed by atoms with Crippen molar-refractivity contribution in [2.24, 2.45) is 5.16 Å². The Morgan fingerprint density at radius 2 is 2.09 bits per heavy atom. The maximum Gasteiger partial charge on any atom is 0.255 e. The topological polar surface area (TPSA) is 105 Å². The molecule has 6 rings (SSSR count). The van der Waals surface area contributed by atoms with E-state index in [2.05, 4.69) is 30.7 Å². The van der Waals surface area contributed by atoms with Crippen LogP contribution in [0, 0.1) is 13.8 Å². The number of rotatable bonds is 8. The highest BCUT2D eigenvalue weighted by Gasteiger charge is 2.47. The lowest BCUT2D eigenvalue weighted by atomic mass is 9.78. The number of hydrogen-bond donors (Lipinski definition) is 2. The minimum atomic E-state index is 0.0306. The van der Waals surface area contributed by atoms with Crippen molar-refractivity contribution in [2.45, 2.75) is 45.2 Å². The molecule has 3 aromatic rings. The van der Waals surface area contributed by atoms with E-state index in [1.807, 2.05) is 43.3 Å². The minimum absolute atomic E-state index is 0.0306. The molecular formula is C23H27N7O2S2. The number of thiazole rings is 2. The first-order valence-corrected chi connectivity index (χ1v) is 13.0. The van der Waals surface area contributed by atoms with E-state index in [-0.39, 0.29) is 18.0 Å². The van der Waals surface area contributed by atoms with E-state index in [4.69, 9.17) is 4.84 Å². The van der Waals surface area contributed by atoms with Crippen LogP contribution in [0.25, 0.3) is 10.6 Å². The first-order chi connectivity index (χ1) is 16.5. The highest BCUT2D eigenvalue weighted by Crippen LogP contribution is 2.38. The number of oxime groups is 1. The molecule has 1 saturated carbocycles. The molecule has 3 aromatic heterocycles. The zero-order valence-electron chi connectivity index (χ0n) is 19.4. The fraction of sp³-hybridized carbons (Fsp3) is 0.435. The predicted octanol–water partition coefficient (Wildman–Crippen LogP) is 3.99. The van der Waals surface area contributed by atoms with Gasteiger partial charge in [-0.1, -0.05) is 5.16 Å². The molecule has 3 aliphatic rings. The largest absolute Gasteiger partial charge is 0.394 e. The summed E-state index contributed by atoms with van der Waals surface area (Å²) in [5, 5.41) is 14.3. The van der Waals surface area contributed by atoms with E-state index in [0.29, 0.717) is 18.0 Å². The number of hydrogen-bond acceptors (Lipinski definition) is 10. The molecule has 2 N–H and O–H groups in total. The number of pyridine rings is 1. The number of carbonyl (C=O) groups is 1. The molecule has 2 aliphatic heterocycles. The van der Waals surface area contributed by atoms with Gasteiger partial charge in [-0.25, -0.2) is 15.0 Å². The van der Waals surface area contributed by atoms with Gasteiger partial charge in [0.25, 0.3) is 5.91 Å². The number of amides is 1. The zero-order chi connectivity index (χ0) is 23.7. The first kappa shape index (κ1) is 22.9. The van der Waals surface area contributed by atoms with Gasteiger partial charge in [0.05, 0.1) is 32.5 Å². The third-order valence-electron chi connectivity index (χ3n) is 6.03. The number of aryl methyl sites for hydroxylation is 2. The van der Waals surface area contributed by atoms with E-state index in [9.17, 15) is 4.79 Å². The smallest absolute Gasteiger partial charge is 0.255 e. The molecule has 0 radical (unpaired) electrons. The van der Waals surface area contributed by atoms with E-state index < -0.39 is 0 Å². The van der Waals surface area contributed by atoms with Crippen LogP contribution in [0.2, 0.25) is 0 Å². The average Bonchev–Trinajstić information content (AvgIpc) is 3.42.